The van der Waals surface area contributed by atoms with E-state index in [-0.39, 0.29) is 11.8 Å². The molecule has 0 atom stereocenters. The van der Waals surface area contributed by atoms with E-state index in [1.54, 1.807) is 11.8 Å². The van der Waals surface area contributed by atoms with Crippen molar-refractivity contribution >= 4 is 34.6 Å². The first-order valence-corrected chi connectivity index (χ1v) is 11.5. The zero-order valence-corrected chi connectivity index (χ0v) is 17.6. The van der Waals surface area contributed by atoms with Crippen LogP contribution < -0.4 is 0 Å². The predicted molar refractivity (Wildman–Crippen MR) is 115 cm³/mol. The predicted octanol–water partition coefficient (Wildman–Crippen LogP) is 2.20. The number of nitrogens with one attached hydrogen (secondary N) is 1. The van der Waals surface area contributed by atoms with Crippen molar-refractivity contribution < 1.29 is 9.59 Å². The summed E-state index contributed by atoms with van der Waals surface area (Å²) in [6.07, 6.45) is 3.67. The Morgan fingerprint density at radius 3 is 2.45 bits per heavy atom. The van der Waals surface area contributed by atoms with Gasteiger partial charge in [0.2, 0.25) is 11.8 Å². The quantitative estimate of drug-likeness (QED) is 0.554. The van der Waals surface area contributed by atoms with E-state index in [2.05, 4.69) is 14.9 Å². The van der Waals surface area contributed by atoms with Crippen LogP contribution >= 0.6 is 11.8 Å². The number of fused-ring (bicyclic) bond motifs is 1. The van der Waals surface area contributed by atoms with Crippen LogP contribution in [0.4, 0.5) is 0 Å². The third-order valence-corrected chi connectivity index (χ3v) is 6.64. The lowest BCUT2D eigenvalue weighted by Crippen LogP contribution is -2.51. The number of hydrogen-bond acceptors (Lipinski definition) is 5. The molecule has 4 rings (SSSR count). The van der Waals surface area contributed by atoms with E-state index >= 15 is 0 Å². The second-order valence-corrected chi connectivity index (χ2v) is 8.84. The molecule has 3 heterocycles. The zero-order valence-electron chi connectivity index (χ0n) is 16.8. The molecule has 1 aromatic carbocycles. The third-order valence-electron chi connectivity index (χ3n) is 5.68. The summed E-state index contributed by atoms with van der Waals surface area (Å²) < 4.78 is 0. The van der Waals surface area contributed by atoms with Gasteiger partial charge in [0.25, 0.3) is 0 Å². The van der Waals surface area contributed by atoms with Crippen molar-refractivity contribution in [2.24, 2.45) is 0 Å². The van der Waals surface area contributed by atoms with E-state index < -0.39 is 0 Å². The normalized spacial score (nSPS) is 17.9. The monoisotopic (exact) mass is 415 g/mol. The van der Waals surface area contributed by atoms with Gasteiger partial charge in [-0.3, -0.25) is 14.5 Å². The van der Waals surface area contributed by atoms with Gasteiger partial charge in [0.15, 0.2) is 5.16 Å². The molecule has 0 bridgehead atoms. The van der Waals surface area contributed by atoms with Gasteiger partial charge in [0.05, 0.1) is 17.6 Å². The van der Waals surface area contributed by atoms with Crippen molar-refractivity contribution in [3.63, 3.8) is 0 Å². The molecule has 1 N–H and O–H groups in total. The highest BCUT2D eigenvalue weighted by Crippen LogP contribution is 2.20. The number of benzene rings is 1. The lowest BCUT2D eigenvalue weighted by Gasteiger charge is -2.35. The van der Waals surface area contributed by atoms with Gasteiger partial charge in [0.1, 0.15) is 0 Å². The number of H-pyrrole nitrogens is 1. The molecule has 2 aromatic rings. The molecule has 2 amide bonds. The Morgan fingerprint density at radius 2 is 1.69 bits per heavy atom. The molecule has 29 heavy (non-hydrogen) atoms. The smallest absolute Gasteiger partial charge is 0.236 e. The maximum absolute atomic E-state index is 12.5. The van der Waals surface area contributed by atoms with Gasteiger partial charge in [-0.05, 0) is 31.4 Å². The lowest BCUT2D eigenvalue weighted by atomic mass is 10.2. The number of likely N-dealkylation sites (tertiary alicyclic amines) is 1. The van der Waals surface area contributed by atoms with E-state index in [0.717, 1.165) is 80.5 Å². The molecular formula is C21H29N5O2S. The Balaban J connectivity index is 1.13. The number of aromatic amines is 1. The number of para-hydroxylation sites is 2. The molecule has 0 spiro atoms. The molecule has 2 aliphatic rings. The zero-order chi connectivity index (χ0) is 20.1. The van der Waals surface area contributed by atoms with Crippen LogP contribution in [0.1, 0.15) is 25.7 Å². The second-order valence-electron chi connectivity index (χ2n) is 7.76. The van der Waals surface area contributed by atoms with Gasteiger partial charge in [-0.1, -0.05) is 23.9 Å². The van der Waals surface area contributed by atoms with Crippen LogP contribution in [-0.2, 0) is 9.59 Å². The van der Waals surface area contributed by atoms with Gasteiger partial charge in [-0.15, -0.1) is 0 Å². The van der Waals surface area contributed by atoms with Crippen molar-refractivity contribution in [1.29, 1.82) is 0 Å². The van der Waals surface area contributed by atoms with Crippen molar-refractivity contribution in [3.8, 4) is 0 Å². The Bertz CT molecular complexity index is 807. The Hall–Kier alpha value is -2.06. The number of piperazine rings is 1. The van der Waals surface area contributed by atoms with Crippen LogP contribution in [0.5, 0.6) is 0 Å². The van der Waals surface area contributed by atoms with E-state index in [4.69, 9.17) is 0 Å². The van der Waals surface area contributed by atoms with Crippen molar-refractivity contribution in [1.82, 2.24) is 24.7 Å². The van der Waals surface area contributed by atoms with Crippen LogP contribution in [0.3, 0.4) is 0 Å². The maximum Gasteiger partial charge on any atom is 0.236 e. The summed E-state index contributed by atoms with van der Waals surface area (Å²) in [5.74, 6) is 1.33. The molecule has 0 radical (unpaired) electrons. The SMILES string of the molecule is O=C(CCCSc1nc2ccccc2[nH]1)N1CCN(CC(=O)N2CCCC2)CC1. The number of amides is 2. The van der Waals surface area contributed by atoms with Crippen molar-refractivity contribution in [2.45, 2.75) is 30.8 Å². The average molecular weight is 416 g/mol. The molecule has 8 heteroatoms. The van der Waals surface area contributed by atoms with Gasteiger partial charge in [-0.2, -0.15) is 0 Å². The first-order chi connectivity index (χ1) is 14.2. The highest BCUT2D eigenvalue weighted by Gasteiger charge is 2.25. The van der Waals surface area contributed by atoms with Crippen LogP contribution in [0.15, 0.2) is 29.4 Å². The number of aromatic nitrogens is 2. The standard InChI is InChI=1S/C21H29N5O2S/c27-19(8-5-15-29-21-22-17-6-1-2-7-18(17)23-21)26-13-11-24(12-14-26)16-20(28)25-9-3-4-10-25/h1-2,6-7H,3-5,8-16H2,(H,22,23). The van der Waals surface area contributed by atoms with Crippen LogP contribution in [0.25, 0.3) is 11.0 Å². The fraction of sp³-hybridized carbons (Fsp3) is 0.571. The summed E-state index contributed by atoms with van der Waals surface area (Å²) >= 11 is 1.67. The minimum Gasteiger partial charge on any atom is -0.342 e. The molecule has 7 nitrogen and oxygen atoms in total. The topological polar surface area (TPSA) is 72.5 Å². The molecular weight excluding hydrogens is 386 g/mol. The molecule has 0 saturated carbocycles. The molecule has 2 aliphatic heterocycles. The number of carbonyl (C=O) groups excluding carboxylic acids is 2. The Morgan fingerprint density at radius 1 is 0.966 bits per heavy atom. The number of hydrogen-bond donors (Lipinski definition) is 1. The first kappa shape index (κ1) is 20.2. The number of carbonyl (C=O) groups is 2. The van der Waals surface area contributed by atoms with Crippen molar-refractivity contribution in [3.05, 3.63) is 24.3 Å². The summed E-state index contributed by atoms with van der Waals surface area (Å²) in [7, 11) is 0. The van der Waals surface area contributed by atoms with Crippen LogP contribution in [0, 0.1) is 0 Å². The minimum absolute atomic E-state index is 0.223. The lowest BCUT2D eigenvalue weighted by molar-refractivity contribution is -0.134. The average Bonchev–Trinajstić information content (AvgIpc) is 3.41. The van der Waals surface area contributed by atoms with E-state index in [1.807, 2.05) is 34.1 Å². The van der Waals surface area contributed by atoms with Gasteiger partial charge in [-0.25, -0.2) is 4.98 Å². The molecule has 156 valence electrons. The van der Waals surface area contributed by atoms with E-state index in [0.29, 0.717) is 13.0 Å². The number of imidazole rings is 1. The number of rotatable bonds is 7. The van der Waals surface area contributed by atoms with Crippen LogP contribution in [0.2, 0.25) is 0 Å². The minimum atomic E-state index is 0.223. The maximum atomic E-state index is 12.5. The van der Waals surface area contributed by atoms with Crippen molar-refractivity contribution in [2.75, 3.05) is 51.6 Å². The molecule has 2 fully saturated rings. The Kier molecular flexibility index (Phi) is 6.71. The fourth-order valence-electron chi connectivity index (χ4n) is 3.96. The number of thioether (sulfide) groups is 1. The summed E-state index contributed by atoms with van der Waals surface area (Å²) in [6.45, 7) is 5.34. The Labute approximate surface area is 175 Å². The summed E-state index contributed by atoms with van der Waals surface area (Å²) in [5, 5.41) is 0.912. The van der Waals surface area contributed by atoms with E-state index in [1.165, 1.54) is 0 Å². The number of nitrogens with zero attached hydrogens (tertiary/aromatic N) is 4. The van der Waals surface area contributed by atoms with Crippen LogP contribution in [-0.4, -0.2) is 88.0 Å². The second kappa shape index (κ2) is 9.63. The fourth-order valence-corrected chi connectivity index (χ4v) is 4.79. The molecule has 0 aliphatic carbocycles. The molecule has 2 saturated heterocycles. The van der Waals surface area contributed by atoms with E-state index in [9.17, 15) is 9.59 Å². The highest BCUT2D eigenvalue weighted by molar-refractivity contribution is 7.99. The summed E-state index contributed by atoms with van der Waals surface area (Å²) in [5.41, 5.74) is 2.03. The third kappa shape index (κ3) is 5.30. The highest BCUT2D eigenvalue weighted by atomic mass is 32.2. The van der Waals surface area contributed by atoms with Gasteiger partial charge >= 0.3 is 0 Å². The van der Waals surface area contributed by atoms with Gasteiger partial charge in [0, 0.05) is 51.4 Å². The largest absolute Gasteiger partial charge is 0.342 e. The summed E-state index contributed by atoms with van der Waals surface area (Å²) in [6, 6.07) is 8.00. The first-order valence-electron chi connectivity index (χ1n) is 10.5. The molecule has 1 aromatic heterocycles. The molecule has 0 unspecified atom stereocenters. The van der Waals surface area contributed by atoms with Gasteiger partial charge < -0.3 is 14.8 Å². The summed E-state index contributed by atoms with van der Waals surface area (Å²) in [4.78, 5) is 38.7.